The molecule has 2 heterocycles. The summed E-state index contributed by atoms with van der Waals surface area (Å²) in [5.74, 6) is 0.742. The number of fused-ring (bicyclic) bond motifs is 3. The summed E-state index contributed by atoms with van der Waals surface area (Å²) in [6.07, 6.45) is 10.9. The fourth-order valence-corrected chi connectivity index (χ4v) is 9.37. The molecule has 266 valence electrons. The third-order valence-electron chi connectivity index (χ3n) is 12.1. The van der Waals surface area contributed by atoms with E-state index in [1.165, 1.54) is 71.2 Å². The number of allylic oxidation sites excluding steroid dienone is 2. The van der Waals surface area contributed by atoms with Gasteiger partial charge in [-0.15, -0.1) is 0 Å². The number of nitrogens with zero attached hydrogens (tertiary/aromatic N) is 3. The maximum atomic E-state index is 5.39. The quantitative estimate of drug-likeness (QED) is 0.177. The molecule has 0 saturated carbocycles. The maximum absolute atomic E-state index is 5.39. The zero-order valence-electron chi connectivity index (χ0n) is 31.2. The van der Waals surface area contributed by atoms with Crippen LogP contribution in [0.5, 0.6) is 0 Å². The van der Waals surface area contributed by atoms with Crippen LogP contribution in [0.3, 0.4) is 0 Å². The lowest BCUT2D eigenvalue weighted by molar-refractivity contribution is 1.18. The van der Waals surface area contributed by atoms with Gasteiger partial charge in [-0.25, -0.2) is 9.97 Å². The van der Waals surface area contributed by atoms with E-state index in [1.54, 1.807) is 0 Å². The number of aromatic nitrogens is 3. The van der Waals surface area contributed by atoms with Crippen LogP contribution in [0.2, 0.25) is 0 Å². The SMILES string of the molecule is C1=Cc2ccc(-c3cc(-c4ccc(-c5ccc(-n6c7ccccc7c7ccccc76)cc5)cc4)nc(-c4ccc5c6c(cccc46)C=CC5)n3)c3cccc(c23)C1. The Hall–Kier alpha value is -7.36. The van der Waals surface area contributed by atoms with Gasteiger partial charge in [0.1, 0.15) is 0 Å². The van der Waals surface area contributed by atoms with E-state index in [0.29, 0.717) is 0 Å². The van der Waals surface area contributed by atoms with Gasteiger partial charge in [-0.1, -0.05) is 158 Å². The summed E-state index contributed by atoms with van der Waals surface area (Å²) in [6, 6.07) is 59.5. The van der Waals surface area contributed by atoms with Crippen LogP contribution >= 0.6 is 0 Å². The maximum Gasteiger partial charge on any atom is 0.161 e. The first kappa shape index (κ1) is 31.9. The Morgan fingerprint density at radius 3 is 1.67 bits per heavy atom. The molecular formula is C54H35N3. The second-order valence-electron chi connectivity index (χ2n) is 15.3. The zero-order valence-corrected chi connectivity index (χ0v) is 31.2. The monoisotopic (exact) mass is 725 g/mol. The predicted molar refractivity (Wildman–Crippen MR) is 239 cm³/mol. The fraction of sp³-hybridized carbons (Fsp3) is 0.0370. The van der Waals surface area contributed by atoms with Gasteiger partial charge >= 0.3 is 0 Å². The molecule has 0 aliphatic heterocycles. The van der Waals surface area contributed by atoms with E-state index >= 15 is 0 Å². The van der Waals surface area contributed by atoms with Crippen LogP contribution < -0.4 is 0 Å². The molecule has 0 fully saturated rings. The van der Waals surface area contributed by atoms with Gasteiger partial charge in [-0.05, 0) is 98.1 Å². The summed E-state index contributed by atoms with van der Waals surface area (Å²) >= 11 is 0. The topological polar surface area (TPSA) is 30.7 Å². The number of hydrogen-bond acceptors (Lipinski definition) is 2. The van der Waals surface area contributed by atoms with Crippen LogP contribution in [0.4, 0.5) is 0 Å². The van der Waals surface area contributed by atoms with Gasteiger partial charge < -0.3 is 4.57 Å². The molecule has 12 rings (SSSR count). The number of benzene rings is 8. The minimum atomic E-state index is 0.742. The van der Waals surface area contributed by atoms with Crippen LogP contribution in [0.15, 0.2) is 176 Å². The molecule has 2 aromatic heterocycles. The van der Waals surface area contributed by atoms with Gasteiger partial charge in [0.2, 0.25) is 0 Å². The van der Waals surface area contributed by atoms with Crippen molar-refractivity contribution in [1.29, 1.82) is 0 Å². The van der Waals surface area contributed by atoms with Gasteiger partial charge in [0, 0.05) is 33.2 Å². The van der Waals surface area contributed by atoms with E-state index in [4.69, 9.17) is 9.97 Å². The second kappa shape index (κ2) is 12.6. The van der Waals surface area contributed by atoms with Gasteiger partial charge in [0.05, 0.1) is 22.4 Å². The number of rotatable bonds is 5. The van der Waals surface area contributed by atoms with Gasteiger partial charge in [0.25, 0.3) is 0 Å². The molecule has 0 radical (unpaired) electrons. The highest BCUT2D eigenvalue weighted by Crippen LogP contribution is 2.40. The van der Waals surface area contributed by atoms with Crippen molar-refractivity contribution in [3.63, 3.8) is 0 Å². The normalized spacial score (nSPS) is 13.0. The Bertz CT molecular complexity index is 3200. The number of hydrogen-bond donors (Lipinski definition) is 0. The first-order chi connectivity index (χ1) is 28.2. The zero-order chi connectivity index (χ0) is 37.5. The van der Waals surface area contributed by atoms with E-state index in [2.05, 4.69) is 193 Å². The van der Waals surface area contributed by atoms with Crippen molar-refractivity contribution < 1.29 is 0 Å². The summed E-state index contributed by atoms with van der Waals surface area (Å²) in [5.41, 5.74) is 16.2. The molecule has 0 bridgehead atoms. The van der Waals surface area contributed by atoms with Crippen molar-refractivity contribution in [3.05, 3.63) is 198 Å². The third-order valence-corrected chi connectivity index (χ3v) is 12.1. The standard InChI is InChI=1S/C54H35N3/c1-3-19-50-43(15-1)44-16-2-4-20-51(44)57(50)41-29-25-35(26-30-41)34-21-23-36(24-22-34)48-33-49(42-31-27-39-11-5-9-37-13-7-17-45(42)52(37)39)56-54(55-48)47-32-28-40-12-6-10-38-14-8-18-46(47)53(38)40/h1-8,10-11,13-33H,9,12H2. The lowest BCUT2D eigenvalue weighted by atomic mass is 9.89. The summed E-state index contributed by atoms with van der Waals surface area (Å²) in [5, 5.41) is 7.58. The highest BCUT2D eigenvalue weighted by Gasteiger charge is 2.19. The van der Waals surface area contributed by atoms with Crippen molar-refractivity contribution in [3.8, 4) is 50.7 Å². The first-order valence-electron chi connectivity index (χ1n) is 19.8. The van der Waals surface area contributed by atoms with Gasteiger partial charge in [-0.3, -0.25) is 0 Å². The van der Waals surface area contributed by atoms with E-state index < -0.39 is 0 Å². The molecule has 0 saturated heterocycles. The minimum Gasteiger partial charge on any atom is -0.309 e. The Morgan fingerprint density at radius 1 is 0.404 bits per heavy atom. The van der Waals surface area contributed by atoms with Crippen LogP contribution in [0, 0.1) is 0 Å². The summed E-state index contributed by atoms with van der Waals surface area (Å²) < 4.78 is 2.36. The lowest BCUT2D eigenvalue weighted by Crippen LogP contribution is -2.00. The molecule has 3 nitrogen and oxygen atoms in total. The average molecular weight is 726 g/mol. The molecule has 10 aromatic rings. The molecule has 0 unspecified atom stereocenters. The Balaban J connectivity index is 0.973. The molecule has 0 N–H and O–H groups in total. The van der Waals surface area contributed by atoms with Crippen molar-refractivity contribution in [1.82, 2.24) is 14.5 Å². The molecule has 0 atom stereocenters. The Kier molecular flexibility index (Phi) is 7.05. The predicted octanol–water partition coefficient (Wildman–Crippen LogP) is 13.7. The molecule has 2 aliphatic rings. The third kappa shape index (κ3) is 5.06. The van der Waals surface area contributed by atoms with Crippen LogP contribution in [0.25, 0.3) is 106 Å². The molecule has 8 aromatic carbocycles. The molecule has 2 aliphatic carbocycles. The van der Waals surface area contributed by atoms with Crippen molar-refractivity contribution in [2.24, 2.45) is 0 Å². The lowest BCUT2D eigenvalue weighted by Gasteiger charge is -2.18. The van der Waals surface area contributed by atoms with E-state index in [9.17, 15) is 0 Å². The van der Waals surface area contributed by atoms with Gasteiger partial charge in [-0.2, -0.15) is 0 Å². The summed E-state index contributed by atoms with van der Waals surface area (Å²) in [7, 11) is 0. The molecule has 0 amide bonds. The minimum absolute atomic E-state index is 0.742. The van der Waals surface area contributed by atoms with Crippen LogP contribution in [-0.2, 0) is 12.8 Å². The van der Waals surface area contributed by atoms with Gasteiger partial charge in [0.15, 0.2) is 5.82 Å². The molecule has 57 heavy (non-hydrogen) atoms. The highest BCUT2D eigenvalue weighted by molar-refractivity contribution is 6.09. The molecule has 3 heteroatoms. The average Bonchev–Trinajstić information content (AvgIpc) is 3.61. The smallest absolute Gasteiger partial charge is 0.161 e. The second-order valence-corrected chi connectivity index (χ2v) is 15.3. The fourth-order valence-electron chi connectivity index (χ4n) is 9.37. The molecular weight excluding hydrogens is 691 g/mol. The van der Waals surface area contributed by atoms with Crippen LogP contribution in [0.1, 0.15) is 22.3 Å². The van der Waals surface area contributed by atoms with Crippen molar-refractivity contribution in [2.75, 3.05) is 0 Å². The van der Waals surface area contributed by atoms with Crippen LogP contribution in [-0.4, -0.2) is 14.5 Å². The number of para-hydroxylation sites is 2. The van der Waals surface area contributed by atoms with E-state index in [0.717, 1.165) is 58.0 Å². The van der Waals surface area contributed by atoms with Crippen molar-refractivity contribution in [2.45, 2.75) is 12.8 Å². The van der Waals surface area contributed by atoms with Crippen molar-refractivity contribution >= 4 is 55.5 Å². The summed E-state index contributed by atoms with van der Waals surface area (Å²) in [6.45, 7) is 0. The van der Waals surface area contributed by atoms with E-state index in [-0.39, 0.29) is 0 Å². The van der Waals surface area contributed by atoms with E-state index in [1.807, 2.05) is 0 Å². The largest absolute Gasteiger partial charge is 0.309 e. The Morgan fingerprint density at radius 2 is 0.947 bits per heavy atom. The summed E-state index contributed by atoms with van der Waals surface area (Å²) in [4.78, 5) is 10.7. The first-order valence-corrected chi connectivity index (χ1v) is 19.8. The highest BCUT2D eigenvalue weighted by atomic mass is 15.0. The Labute approximate surface area is 330 Å². The molecule has 0 spiro atoms.